The summed E-state index contributed by atoms with van der Waals surface area (Å²) in [5.74, 6) is 0. The fraction of sp³-hybridized carbons (Fsp3) is 0. The van der Waals surface area contributed by atoms with E-state index in [1.54, 1.807) is 0 Å². The fourth-order valence-corrected chi connectivity index (χ4v) is 7.37. The van der Waals surface area contributed by atoms with Crippen LogP contribution < -0.4 is 4.90 Å². The maximum atomic E-state index is 5.16. The van der Waals surface area contributed by atoms with Crippen molar-refractivity contribution in [3.8, 4) is 33.6 Å². The minimum Gasteiger partial charge on any atom is -0.310 e. The molecule has 0 aliphatic heterocycles. The van der Waals surface area contributed by atoms with E-state index in [1.807, 2.05) is 42.7 Å². The normalized spacial score (nSPS) is 11.4. The van der Waals surface area contributed by atoms with Crippen LogP contribution in [-0.4, -0.2) is 15.0 Å². The highest BCUT2D eigenvalue weighted by atomic mass is 15.1. The van der Waals surface area contributed by atoms with Gasteiger partial charge >= 0.3 is 0 Å². The Morgan fingerprint density at radius 3 is 1.72 bits per heavy atom. The van der Waals surface area contributed by atoms with E-state index in [4.69, 9.17) is 15.0 Å². The van der Waals surface area contributed by atoms with Gasteiger partial charge in [0.05, 0.1) is 22.4 Å². The lowest BCUT2D eigenvalue weighted by molar-refractivity contribution is 1.28. The van der Waals surface area contributed by atoms with Gasteiger partial charge in [0, 0.05) is 51.4 Å². The highest BCUT2D eigenvalue weighted by Crippen LogP contribution is 2.39. The summed E-state index contributed by atoms with van der Waals surface area (Å²) >= 11 is 0. The Hall–Kier alpha value is -7.17. The Bertz CT molecular complexity index is 2950. The second-order valence-electron chi connectivity index (χ2n) is 13.4. The molecule has 0 N–H and O–H groups in total. The summed E-state index contributed by atoms with van der Waals surface area (Å²) in [6.07, 6.45) is 3.68. The number of hydrogen-bond donors (Lipinski definition) is 0. The predicted molar refractivity (Wildman–Crippen MR) is 221 cm³/mol. The second-order valence-corrected chi connectivity index (χ2v) is 13.4. The molecule has 0 fully saturated rings. The summed E-state index contributed by atoms with van der Waals surface area (Å²) in [4.78, 5) is 16.9. The Labute approximate surface area is 307 Å². The Morgan fingerprint density at radius 1 is 0.340 bits per heavy atom. The number of rotatable bonds is 6. The minimum absolute atomic E-state index is 0.882. The predicted octanol–water partition coefficient (Wildman–Crippen LogP) is 13.0. The third-order valence-corrected chi connectivity index (χ3v) is 10.1. The van der Waals surface area contributed by atoms with E-state index in [0.717, 1.165) is 61.4 Å². The van der Waals surface area contributed by atoms with Crippen molar-refractivity contribution in [1.29, 1.82) is 0 Å². The van der Waals surface area contributed by atoms with Crippen molar-refractivity contribution >= 4 is 60.4 Å². The van der Waals surface area contributed by atoms with E-state index in [2.05, 4.69) is 157 Å². The summed E-state index contributed by atoms with van der Waals surface area (Å²) < 4.78 is 0. The van der Waals surface area contributed by atoms with E-state index in [0.29, 0.717) is 0 Å². The van der Waals surface area contributed by atoms with Gasteiger partial charge in [0.15, 0.2) is 0 Å². The number of aromatic nitrogens is 3. The molecule has 0 amide bonds. The number of benzene rings is 7. The van der Waals surface area contributed by atoms with Crippen LogP contribution in [0.15, 0.2) is 194 Å². The number of anilines is 3. The van der Waals surface area contributed by atoms with Gasteiger partial charge in [-0.25, -0.2) is 4.98 Å². The highest BCUT2D eigenvalue weighted by molar-refractivity contribution is 5.96. The summed E-state index contributed by atoms with van der Waals surface area (Å²) in [6, 6.07) is 64.5. The van der Waals surface area contributed by atoms with Crippen LogP contribution in [0.2, 0.25) is 0 Å². The van der Waals surface area contributed by atoms with E-state index in [9.17, 15) is 0 Å². The van der Waals surface area contributed by atoms with Gasteiger partial charge in [-0.2, -0.15) is 0 Å². The lowest BCUT2D eigenvalue weighted by Gasteiger charge is -2.26. The molecule has 53 heavy (non-hydrogen) atoms. The van der Waals surface area contributed by atoms with E-state index >= 15 is 0 Å². The van der Waals surface area contributed by atoms with Crippen LogP contribution in [0.25, 0.3) is 77.0 Å². The van der Waals surface area contributed by atoms with Crippen LogP contribution in [0, 0.1) is 0 Å². The molecule has 7 aromatic carbocycles. The first kappa shape index (κ1) is 30.6. The zero-order valence-electron chi connectivity index (χ0n) is 28.8. The molecule has 0 radical (unpaired) electrons. The first-order valence-electron chi connectivity index (χ1n) is 17.8. The number of pyridine rings is 3. The Kier molecular flexibility index (Phi) is 7.43. The quantitative estimate of drug-likeness (QED) is 0.176. The van der Waals surface area contributed by atoms with Crippen molar-refractivity contribution in [2.45, 2.75) is 0 Å². The van der Waals surface area contributed by atoms with Gasteiger partial charge in [0.2, 0.25) is 0 Å². The summed E-state index contributed by atoms with van der Waals surface area (Å²) in [5, 5.41) is 7.04. The van der Waals surface area contributed by atoms with Gasteiger partial charge in [-0.3, -0.25) is 9.97 Å². The van der Waals surface area contributed by atoms with Crippen LogP contribution in [0.4, 0.5) is 17.1 Å². The smallest absolute Gasteiger partial charge is 0.0972 e. The average Bonchev–Trinajstić information content (AvgIpc) is 3.23. The van der Waals surface area contributed by atoms with Crippen LogP contribution in [0.5, 0.6) is 0 Å². The van der Waals surface area contributed by atoms with Crippen LogP contribution in [-0.2, 0) is 0 Å². The lowest BCUT2D eigenvalue weighted by atomic mass is 9.98. The molecule has 0 aliphatic rings. The molecule has 3 heterocycles. The van der Waals surface area contributed by atoms with Crippen LogP contribution in [0.3, 0.4) is 0 Å². The van der Waals surface area contributed by atoms with Gasteiger partial charge < -0.3 is 4.90 Å². The van der Waals surface area contributed by atoms with Gasteiger partial charge in [0.1, 0.15) is 0 Å². The molecule has 0 atom stereocenters. The maximum absolute atomic E-state index is 5.16. The van der Waals surface area contributed by atoms with Crippen molar-refractivity contribution < 1.29 is 0 Å². The molecular weight excluding hydrogens is 645 g/mol. The Morgan fingerprint density at radius 2 is 0.906 bits per heavy atom. The molecule has 4 heteroatoms. The molecule has 10 aromatic rings. The standard InChI is InChI=1S/C49H32N4/c1-2-9-36(10-3-1)49-48-42(13-7-27-51-48)31-47(52-49)35-18-22-43(23-19-35)53(45-24-20-34-12-6-26-50-46(34)32-45)44-25-21-40-29-39(16-17-41(40)30-44)38-15-14-33-8-4-5-11-37(33)28-38/h1-32H. The van der Waals surface area contributed by atoms with Crippen LogP contribution in [0.1, 0.15) is 0 Å². The third-order valence-electron chi connectivity index (χ3n) is 10.1. The van der Waals surface area contributed by atoms with Gasteiger partial charge in [-0.15, -0.1) is 0 Å². The molecule has 0 unspecified atom stereocenters. The zero-order chi connectivity index (χ0) is 35.1. The first-order valence-corrected chi connectivity index (χ1v) is 17.8. The van der Waals surface area contributed by atoms with Crippen molar-refractivity contribution in [1.82, 2.24) is 15.0 Å². The topological polar surface area (TPSA) is 41.9 Å². The first-order chi connectivity index (χ1) is 26.2. The summed E-state index contributed by atoms with van der Waals surface area (Å²) in [7, 11) is 0. The molecule has 0 saturated heterocycles. The van der Waals surface area contributed by atoms with Gasteiger partial charge in [-0.05, 0) is 99.4 Å². The lowest BCUT2D eigenvalue weighted by Crippen LogP contribution is -2.10. The molecule has 0 spiro atoms. The largest absolute Gasteiger partial charge is 0.310 e. The Balaban J connectivity index is 1.06. The van der Waals surface area contributed by atoms with Crippen molar-refractivity contribution in [2.24, 2.45) is 0 Å². The molecule has 3 aromatic heterocycles. The second kappa shape index (κ2) is 12.9. The van der Waals surface area contributed by atoms with Crippen molar-refractivity contribution in [3.63, 3.8) is 0 Å². The molecule has 248 valence electrons. The van der Waals surface area contributed by atoms with Crippen molar-refractivity contribution in [2.75, 3.05) is 4.90 Å². The molecule has 10 rings (SSSR count). The number of hydrogen-bond acceptors (Lipinski definition) is 4. The summed E-state index contributed by atoms with van der Waals surface area (Å²) in [5.41, 5.74) is 11.3. The SMILES string of the molecule is c1ccc(-c2nc(-c3ccc(N(c4ccc5cc(-c6ccc7ccccc7c6)ccc5c4)c4ccc5cccnc5c4)cc3)cc3cccnc23)cc1. The molecule has 0 bridgehead atoms. The van der Waals surface area contributed by atoms with Crippen LogP contribution >= 0.6 is 0 Å². The maximum Gasteiger partial charge on any atom is 0.0972 e. The van der Waals surface area contributed by atoms with Crippen molar-refractivity contribution in [3.05, 3.63) is 194 Å². The molecule has 0 saturated carbocycles. The summed E-state index contributed by atoms with van der Waals surface area (Å²) in [6.45, 7) is 0. The van der Waals surface area contributed by atoms with E-state index < -0.39 is 0 Å². The molecular formula is C49H32N4. The van der Waals surface area contributed by atoms with Gasteiger partial charge in [-0.1, -0.05) is 115 Å². The zero-order valence-corrected chi connectivity index (χ0v) is 28.8. The fourth-order valence-electron chi connectivity index (χ4n) is 7.37. The third kappa shape index (κ3) is 5.73. The average molecular weight is 677 g/mol. The number of fused-ring (bicyclic) bond motifs is 4. The minimum atomic E-state index is 0.882. The monoisotopic (exact) mass is 676 g/mol. The van der Waals surface area contributed by atoms with E-state index in [1.165, 1.54) is 32.7 Å². The number of nitrogens with zero attached hydrogens (tertiary/aromatic N) is 4. The molecule has 4 nitrogen and oxygen atoms in total. The van der Waals surface area contributed by atoms with E-state index in [-0.39, 0.29) is 0 Å². The van der Waals surface area contributed by atoms with Gasteiger partial charge in [0.25, 0.3) is 0 Å². The molecule has 0 aliphatic carbocycles. The highest BCUT2D eigenvalue weighted by Gasteiger charge is 2.16.